The van der Waals surface area contributed by atoms with Gasteiger partial charge in [-0.25, -0.2) is 4.79 Å². The van der Waals surface area contributed by atoms with Crippen LogP contribution in [0, 0.1) is 0 Å². The molecule has 2 atom stereocenters. The first kappa shape index (κ1) is 21.0. The van der Waals surface area contributed by atoms with Gasteiger partial charge in [-0.15, -0.1) is 0 Å². The Morgan fingerprint density at radius 2 is 1.79 bits per heavy atom. The van der Waals surface area contributed by atoms with Crippen molar-refractivity contribution in [3.8, 4) is 17.2 Å². The summed E-state index contributed by atoms with van der Waals surface area (Å²) >= 11 is 0. The molecule has 0 amide bonds. The van der Waals surface area contributed by atoms with Gasteiger partial charge in [-0.1, -0.05) is 24.3 Å². The third kappa shape index (κ3) is 4.02. The van der Waals surface area contributed by atoms with Gasteiger partial charge in [0.15, 0.2) is 11.5 Å². The molecule has 0 fully saturated rings. The third-order valence-electron chi connectivity index (χ3n) is 5.40. The number of benzene rings is 2. The topological polar surface area (TPSA) is 97.3 Å². The lowest BCUT2D eigenvalue weighted by Gasteiger charge is -2.38. The van der Waals surface area contributed by atoms with Crippen LogP contribution in [0.15, 0.2) is 36.4 Å². The minimum Gasteiger partial charge on any atom is -0.493 e. The first-order valence-corrected chi connectivity index (χ1v) is 9.49. The number of aliphatic hydroxyl groups is 1. The van der Waals surface area contributed by atoms with Gasteiger partial charge in [0.1, 0.15) is 5.54 Å². The lowest BCUT2D eigenvalue weighted by atomic mass is 9.78. The van der Waals surface area contributed by atoms with Gasteiger partial charge in [-0.05, 0) is 41.7 Å². The fraction of sp³-hybridized carbons (Fsp3) is 0.409. The summed E-state index contributed by atoms with van der Waals surface area (Å²) in [6.45, 7) is 0.542. The number of carbonyl (C=O) groups is 1. The van der Waals surface area contributed by atoms with Gasteiger partial charge in [0.05, 0.1) is 27.4 Å². The van der Waals surface area contributed by atoms with Crippen LogP contribution in [0.25, 0.3) is 0 Å². The summed E-state index contributed by atoms with van der Waals surface area (Å²) in [4.78, 5) is 12.3. The molecule has 3 rings (SSSR count). The zero-order valence-corrected chi connectivity index (χ0v) is 16.9. The number of hydrogen-bond acceptors (Lipinski definition) is 6. The van der Waals surface area contributed by atoms with Crippen LogP contribution in [0.4, 0.5) is 0 Å². The van der Waals surface area contributed by atoms with E-state index < -0.39 is 17.6 Å². The number of fused-ring (bicyclic) bond motifs is 1. The highest BCUT2D eigenvalue weighted by atomic mass is 16.5. The highest BCUT2D eigenvalue weighted by molar-refractivity contribution is 5.82. The second-order valence-corrected chi connectivity index (χ2v) is 7.14. The molecule has 1 aliphatic heterocycles. The molecule has 1 aliphatic rings. The summed E-state index contributed by atoms with van der Waals surface area (Å²) in [6, 6.07) is 11.0. The standard InChI is InChI=1S/C22H27NO6/c1-27-18-11-14(12-19(28-2)20(18)29-3)10-16(24)13-22(21(25)26)17-7-5-4-6-15(17)8-9-23-22/h4-7,11-12,16,23-24H,8-10,13H2,1-3H3,(H,25,26)/t16-,22?/m1/s1. The number of carboxylic acids is 1. The maximum Gasteiger partial charge on any atom is 0.328 e. The number of methoxy groups -OCH3 is 3. The molecular formula is C22H27NO6. The minimum absolute atomic E-state index is 0.0377. The molecule has 7 heteroatoms. The molecule has 0 aliphatic carbocycles. The van der Waals surface area contributed by atoms with E-state index in [0.29, 0.717) is 29.4 Å². The summed E-state index contributed by atoms with van der Waals surface area (Å²) in [5.41, 5.74) is 1.14. The van der Waals surface area contributed by atoms with Gasteiger partial charge in [-0.3, -0.25) is 5.32 Å². The Morgan fingerprint density at radius 3 is 2.38 bits per heavy atom. The van der Waals surface area contributed by atoms with Crippen LogP contribution in [0.3, 0.4) is 0 Å². The van der Waals surface area contributed by atoms with Gasteiger partial charge < -0.3 is 24.4 Å². The van der Waals surface area contributed by atoms with Gasteiger partial charge in [0.2, 0.25) is 5.75 Å². The van der Waals surface area contributed by atoms with Crippen molar-refractivity contribution < 1.29 is 29.2 Å². The molecule has 1 unspecified atom stereocenters. The number of aliphatic hydroxyl groups excluding tert-OH is 1. The third-order valence-corrected chi connectivity index (χ3v) is 5.40. The fourth-order valence-corrected chi connectivity index (χ4v) is 4.07. The molecule has 3 N–H and O–H groups in total. The largest absolute Gasteiger partial charge is 0.493 e. The van der Waals surface area contributed by atoms with Crippen LogP contribution in [-0.4, -0.2) is 50.2 Å². The SMILES string of the molecule is COc1cc(C[C@@H](O)CC2(C(=O)O)NCCc3ccccc32)cc(OC)c1OC. The highest BCUT2D eigenvalue weighted by Crippen LogP contribution is 2.39. The maximum atomic E-state index is 12.3. The molecule has 0 radical (unpaired) electrons. The Morgan fingerprint density at radius 1 is 1.14 bits per heavy atom. The number of rotatable bonds is 8. The van der Waals surface area contributed by atoms with Gasteiger partial charge in [0, 0.05) is 13.0 Å². The Hall–Kier alpha value is -2.77. The van der Waals surface area contributed by atoms with Crippen molar-refractivity contribution in [2.75, 3.05) is 27.9 Å². The van der Waals surface area contributed by atoms with E-state index in [2.05, 4.69) is 5.32 Å². The number of hydrogen-bond donors (Lipinski definition) is 3. The van der Waals surface area contributed by atoms with Crippen molar-refractivity contribution in [1.82, 2.24) is 5.32 Å². The van der Waals surface area contributed by atoms with E-state index >= 15 is 0 Å². The predicted octanol–water partition coefficient (Wildman–Crippen LogP) is 2.13. The quantitative estimate of drug-likeness (QED) is 0.623. The second-order valence-electron chi connectivity index (χ2n) is 7.14. The molecule has 0 aromatic heterocycles. The second kappa shape index (κ2) is 8.71. The van der Waals surface area contributed by atoms with E-state index in [-0.39, 0.29) is 12.8 Å². The van der Waals surface area contributed by atoms with E-state index in [1.165, 1.54) is 21.3 Å². The zero-order valence-electron chi connectivity index (χ0n) is 16.9. The first-order chi connectivity index (χ1) is 13.9. The van der Waals surface area contributed by atoms with Crippen molar-refractivity contribution in [1.29, 1.82) is 0 Å². The minimum atomic E-state index is -1.32. The summed E-state index contributed by atoms with van der Waals surface area (Å²) in [7, 11) is 4.58. The van der Waals surface area contributed by atoms with Crippen molar-refractivity contribution >= 4 is 5.97 Å². The average Bonchev–Trinajstić information content (AvgIpc) is 2.72. The lowest BCUT2D eigenvalue weighted by Crippen LogP contribution is -2.55. The summed E-state index contributed by atoms with van der Waals surface area (Å²) in [5, 5.41) is 24.0. The van der Waals surface area contributed by atoms with Crippen molar-refractivity contribution in [2.45, 2.75) is 30.9 Å². The van der Waals surface area contributed by atoms with Crippen LogP contribution in [0.2, 0.25) is 0 Å². The summed E-state index contributed by atoms with van der Waals surface area (Å²) in [6.07, 6.45) is 0.146. The molecule has 2 aromatic rings. The molecule has 7 nitrogen and oxygen atoms in total. The van der Waals surface area contributed by atoms with Crippen molar-refractivity contribution in [3.05, 3.63) is 53.1 Å². The molecule has 0 saturated heterocycles. The van der Waals surface area contributed by atoms with E-state index in [1.807, 2.05) is 24.3 Å². The van der Waals surface area contributed by atoms with Crippen LogP contribution in [0.1, 0.15) is 23.1 Å². The van der Waals surface area contributed by atoms with Crippen LogP contribution < -0.4 is 19.5 Å². The normalized spacial score (nSPS) is 19.2. The van der Waals surface area contributed by atoms with Crippen LogP contribution in [0.5, 0.6) is 17.2 Å². The number of carboxylic acid groups (broad SMARTS) is 1. The Bertz CT molecular complexity index is 858. The molecule has 156 valence electrons. The van der Waals surface area contributed by atoms with E-state index in [9.17, 15) is 15.0 Å². The Kier molecular flexibility index (Phi) is 6.30. The molecule has 0 saturated carbocycles. The summed E-state index contributed by atoms with van der Waals surface area (Å²) in [5.74, 6) is 0.456. The number of ether oxygens (including phenoxy) is 3. The highest BCUT2D eigenvalue weighted by Gasteiger charge is 2.44. The summed E-state index contributed by atoms with van der Waals surface area (Å²) < 4.78 is 16.1. The smallest absolute Gasteiger partial charge is 0.328 e. The zero-order chi connectivity index (χ0) is 21.0. The van der Waals surface area contributed by atoms with E-state index in [0.717, 1.165) is 17.5 Å². The Labute approximate surface area is 170 Å². The molecule has 29 heavy (non-hydrogen) atoms. The van der Waals surface area contributed by atoms with Gasteiger partial charge in [0.25, 0.3) is 0 Å². The average molecular weight is 401 g/mol. The Balaban J connectivity index is 1.88. The van der Waals surface area contributed by atoms with E-state index in [4.69, 9.17) is 14.2 Å². The molecule has 2 aromatic carbocycles. The molecule has 0 bridgehead atoms. The number of aliphatic carboxylic acids is 1. The predicted molar refractivity (Wildman–Crippen MR) is 108 cm³/mol. The first-order valence-electron chi connectivity index (χ1n) is 9.49. The molecule has 1 heterocycles. The van der Waals surface area contributed by atoms with Crippen molar-refractivity contribution in [2.24, 2.45) is 0 Å². The van der Waals surface area contributed by atoms with E-state index in [1.54, 1.807) is 12.1 Å². The number of nitrogens with one attached hydrogen (secondary N) is 1. The molecular weight excluding hydrogens is 374 g/mol. The fourth-order valence-electron chi connectivity index (χ4n) is 4.07. The maximum absolute atomic E-state index is 12.3. The van der Waals surface area contributed by atoms with Gasteiger partial charge >= 0.3 is 5.97 Å². The molecule has 0 spiro atoms. The van der Waals surface area contributed by atoms with Gasteiger partial charge in [-0.2, -0.15) is 0 Å². The monoisotopic (exact) mass is 401 g/mol. The lowest BCUT2D eigenvalue weighted by molar-refractivity contribution is -0.147. The van der Waals surface area contributed by atoms with Crippen LogP contribution in [-0.2, 0) is 23.2 Å². The van der Waals surface area contributed by atoms with Crippen LogP contribution >= 0.6 is 0 Å². The van der Waals surface area contributed by atoms with Crippen molar-refractivity contribution in [3.63, 3.8) is 0 Å².